The first-order chi connectivity index (χ1) is 10.3. The van der Waals surface area contributed by atoms with Crippen molar-refractivity contribution < 1.29 is 0 Å². The first kappa shape index (κ1) is 13.1. The molecule has 0 amide bonds. The molecule has 0 N–H and O–H groups in total. The van der Waals surface area contributed by atoms with Gasteiger partial charge in [-0.1, -0.05) is 25.3 Å². The Morgan fingerprint density at radius 2 is 2.10 bits per heavy atom. The molecule has 0 saturated heterocycles. The summed E-state index contributed by atoms with van der Waals surface area (Å²) >= 11 is 1.73. The monoisotopic (exact) mass is 295 g/mol. The quantitative estimate of drug-likeness (QED) is 0.633. The van der Waals surface area contributed by atoms with Gasteiger partial charge in [-0.2, -0.15) is 0 Å². The van der Waals surface area contributed by atoms with Gasteiger partial charge in [-0.05, 0) is 48.8 Å². The fourth-order valence-corrected chi connectivity index (χ4v) is 4.19. The van der Waals surface area contributed by atoms with E-state index in [2.05, 4.69) is 47.3 Å². The van der Waals surface area contributed by atoms with E-state index in [9.17, 15) is 0 Å². The van der Waals surface area contributed by atoms with Crippen molar-refractivity contribution in [1.29, 1.82) is 0 Å². The Labute approximate surface area is 129 Å². The number of rotatable bonds is 2. The van der Waals surface area contributed by atoms with Crippen molar-refractivity contribution in [2.75, 3.05) is 0 Å². The van der Waals surface area contributed by atoms with Gasteiger partial charge < -0.3 is 0 Å². The van der Waals surface area contributed by atoms with Crippen LogP contribution >= 0.6 is 11.3 Å². The third-order valence-electron chi connectivity index (χ3n) is 4.58. The summed E-state index contributed by atoms with van der Waals surface area (Å²) < 4.78 is 2.09. The summed E-state index contributed by atoms with van der Waals surface area (Å²) in [4.78, 5) is 6.11. The number of thiophene rings is 1. The fourth-order valence-electron chi connectivity index (χ4n) is 3.52. The van der Waals surface area contributed by atoms with Crippen LogP contribution in [-0.4, -0.2) is 9.38 Å². The van der Waals surface area contributed by atoms with Crippen molar-refractivity contribution in [2.24, 2.45) is 0 Å². The maximum atomic E-state index is 4.91. The summed E-state index contributed by atoms with van der Waals surface area (Å²) in [5.41, 5.74) is 4.93. The molecule has 3 aromatic heterocycles. The van der Waals surface area contributed by atoms with E-state index in [1.807, 2.05) is 0 Å². The predicted octanol–water partition coefficient (Wildman–Crippen LogP) is 5.22. The molecule has 1 saturated carbocycles. The molecule has 0 atom stereocenters. The number of fused-ring (bicyclic) bond motifs is 1. The fraction of sp³-hybridized carbons (Fsp3) is 0.389. The normalized spacial score (nSPS) is 16.6. The molecule has 3 heteroatoms. The Morgan fingerprint density at radius 3 is 2.86 bits per heavy atom. The van der Waals surface area contributed by atoms with Gasteiger partial charge in [0.1, 0.15) is 17.5 Å². The van der Waals surface area contributed by atoms with Gasteiger partial charge in [0.15, 0.2) is 0 Å². The molecule has 107 valence electrons. The standard InChI is InChI=1S/C18H19N2S/c1-13-9-10-20-12-15(16-8-5-11-21-16)19-18(20)17(13)14-6-3-2-4-7-14/h5,8-11,14H,2-4,6-7H2,1H3. The highest BCUT2D eigenvalue weighted by molar-refractivity contribution is 7.13. The lowest BCUT2D eigenvalue weighted by Gasteiger charge is -2.23. The lowest BCUT2D eigenvalue weighted by molar-refractivity contribution is 0.443. The molecule has 2 nitrogen and oxygen atoms in total. The molecule has 0 spiro atoms. The van der Waals surface area contributed by atoms with Crippen molar-refractivity contribution in [3.05, 3.63) is 47.1 Å². The molecule has 1 radical (unpaired) electrons. The molecular formula is C18H19N2S. The van der Waals surface area contributed by atoms with Crippen molar-refractivity contribution >= 4 is 17.0 Å². The number of imidazole rings is 1. The van der Waals surface area contributed by atoms with E-state index in [1.165, 1.54) is 48.1 Å². The smallest absolute Gasteiger partial charge is 0.141 e. The van der Waals surface area contributed by atoms with Gasteiger partial charge in [0, 0.05) is 11.8 Å². The van der Waals surface area contributed by atoms with Crippen molar-refractivity contribution in [3.63, 3.8) is 0 Å². The van der Waals surface area contributed by atoms with Crippen molar-refractivity contribution in [1.82, 2.24) is 9.38 Å². The Kier molecular flexibility index (Phi) is 3.30. The first-order valence-corrected chi connectivity index (χ1v) is 8.65. The molecule has 3 aromatic rings. The Bertz CT molecular complexity index is 749. The minimum atomic E-state index is 0.675. The Balaban J connectivity index is 1.86. The summed E-state index contributed by atoms with van der Waals surface area (Å²) in [5, 5.41) is 2.10. The zero-order valence-corrected chi connectivity index (χ0v) is 13.1. The average Bonchev–Trinajstić information content (AvgIpc) is 3.17. The molecule has 0 aliphatic heterocycles. The molecule has 21 heavy (non-hydrogen) atoms. The van der Waals surface area contributed by atoms with Crippen LogP contribution in [0.15, 0.2) is 29.8 Å². The van der Waals surface area contributed by atoms with Crippen molar-refractivity contribution in [2.45, 2.75) is 44.9 Å². The van der Waals surface area contributed by atoms with E-state index in [-0.39, 0.29) is 0 Å². The van der Waals surface area contributed by atoms with E-state index < -0.39 is 0 Å². The van der Waals surface area contributed by atoms with Crippen LogP contribution in [0.25, 0.3) is 16.2 Å². The molecule has 0 bridgehead atoms. The summed E-state index contributed by atoms with van der Waals surface area (Å²) in [5.74, 6) is 0.675. The topological polar surface area (TPSA) is 17.3 Å². The number of nitrogens with zero attached hydrogens (tertiary/aromatic N) is 2. The van der Waals surface area contributed by atoms with Crippen molar-refractivity contribution in [3.8, 4) is 10.6 Å². The SMILES string of the molecule is Cc1ccn2[c]c(-c3cccs3)nc2c1C1CCCCC1. The third kappa shape index (κ3) is 2.30. The van der Waals surface area contributed by atoms with Crippen LogP contribution < -0.4 is 0 Å². The second kappa shape index (κ2) is 5.30. The van der Waals surface area contributed by atoms with Gasteiger partial charge in [0.05, 0.1) is 4.88 Å². The van der Waals surface area contributed by atoms with E-state index in [4.69, 9.17) is 4.98 Å². The first-order valence-electron chi connectivity index (χ1n) is 7.77. The second-order valence-electron chi connectivity index (χ2n) is 5.99. The van der Waals surface area contributed by atoms with E-state index in [0.29, 0.717) is 5.92 Å². The highest BCUT2D eigenvalue weighted by atomic mass is 32.1. The van der Waals surface area contributed by atoms with Gasteiger partial charge in [0.25, 0.3) is 0 Å². The minimum Gasteiger partial charge on any atom is -0.297 e. The van der Waals surface area contributed by atoms with Gasteiger partial charge in [-0.3, -0.25) is 4.40 Å². The molecular weight excluding hydrogens is 276 g/mol. The van der Waals surface area contributed by atoms with Gasteiger partial charge in [0.2, 0.25) is 0 Å². The average molecular weight is 295 g/mol. The minimum absolute atomic E-state index is 0.675. The highest BCUT2D eigenvalue weighted by Gasteiger charge is 2.21. The van der Waals surface area contributed by atoms with Crippen LogP contribution in [0.5, 0.6) is 0 Å². The van der Waals surface area contributed by atoms with Crippen LogP contribution in [0, 0.1) is 13.1 Å². The lowest BCUT2D eigenvalue weighted by Crippen LogP contribution is -2.08. The molecule has 0 unspecified atom stereocenters. The second-order valence-corrected chi connectivity index (χ2v) is 6.94. The highest BCUT2D eigenvalue weighted by Crippen LogP contribution is 2.37. The summed E-state index contributed by atoms with van der Waals surface area (Å²) in [6, 6.07) is 6.41. The maximum absolute atomic E-state index is 4.91. The number of pyridine rings is 1. The molecule has 1 fully saturated rings. The number of aryl methyl sites for hydroxylation is 1. The van der Waals surface area contributed by atoms with Gasteiger partial charge >= 0.3 is 0 Å². The zero-order valence-electron chi connectivity index (χ0n) is 12.3. The van der Waals surface area contributed by atoms with Crippen LogP contribution in [0.3, 0.4) is 0 Å². The van der Waals surface area contributed by atoms with E-state index >= 15 is 0 Å². The predicted molar refractivity (Wildman–Crippen MR) is 87.9 cm³/mol. The number of hydrogen-bond donors (Lipinski definition) is 0. The van der Waals surface area contributed by atoms with Gasteiger partial charge in [-0.25, -0.2) is 4.98 Å². The number of hydrogen-bond acceptors (Lipinski definition) is 2. The summed E-state index contributed by atoms with van der Waals surface area (Å²) in [7, 11) is 0. The number of aromatic nitrogens is 2. The maximum Gasteiger partial charge on any atom is 0.141 e. The van der Waals surface area contributed by atoms with E-state index in [0.717, 1.165) is 11.3 Å². The van der Waals surface area contributed by atoms with E-state index in [1.54, 1.807) is 11.3 Å². The Hall–Kier alpha value is -1.61. The van der Waals surface area contributed by atoms with Crippen LogP contribution in [0.4, 0.5) is 0 Å². The molecule has 3 heterocycles. The third-order valence-corrected chi connectivity index (χ3v) is 5.46. The largest absolute Gasteiger partial charge is 0.297 e. The van der Waals surface area contributed by atoms with Gasteiger partial charge in [-0.15, -0.1) is 11.3 Å². The zero-order chi connectivity index (χ0) is 14.2. The lowest BCUT2D eigenvalue weighted by atomic mass is 9.83. The van der Waals surface area contributed by atoms with Crippen LogP contribution in [0.1, 0.15) is 49.1 Å². The van der Waals surface area contributed by atoms with Crippen LogP contribution in [-0.2, 0) is 0 Å². The molecule has 1 aliphatic carbocycles. The molecule has 0 aromatic carbocycles. The van der Waals surface area contributed by atoms with Crippen LogP contribution in [0.2, 0.25) is 0 Å². The summed E-state index contributed by atoms with van der Waals surface area (Å²) in [6.45, 7) is 2.23. The molecule has 1 aliphatic rings. The molecule has 4 rings (SSSR count). The summed E-state index contributed by atoms with van der Waals surface area (Å²) in [6.07, 6.45) is 12.2. The Morgan fingerprint density at radius 1 is 1.24 bits per heavy atom.